The van der Waals surface area contributed by atoms with Crippen molar-refractivity contribution >= 4 is 5.91 Å². The highest BCUT2D eigenvalue weighted by Crippen LogP contribution is 2.34. The Kier molecular flexibility index (Phi) is 5.09. The van der Waals surface area contributed by atoms with Crippen molar-refractivity contribution in [3.05, 3.63) is 107 Å². The Morgan fingerprint density at radius 2 is 1.43 bits per heavy atom. The third-order valence-electron chi connectivity index (χ3n) is 6.43. The van der Waals surface area contributed by atoms with Crippen molar-refractivity contribution in [2.45, 2.75) is 31.5 Å². The van der Waals surface area contributed by atoms with Crippen LogP contribution in [0.15, 0.2) is 78.9 Å². The van der Waals surface area contributed by atoms with Crippen molar-refractivity contribution in [1.82, 2.24) is 9.80 Å². The predicted octanol–water partition coefficient (Wildman–Crippen LogP) is 5.04. The first-order valence-corrected chi connectivity index (χ1v) is 10.6. The lowest BCUT2D eigenvalue weighted by atomic mass is 9.93. The van der Waals surface area contributed by atoms with Gasteiger partial charge in [-0.15, -0.1) is 0 Å². The van der Waals surface area contributed by atoms with E-state index in [2.05, 4.69) is 65.6 Å². The molecule has 0 aliphatic carbocycles. The monoisotopic (exact) mass is 400 g/mol. The summed E-state index contributed by atoms with van der Waals surface area (Å²) in [4.78, 5) is 17.3. The molecule has 0 saturated carbocycles. The van der Waals surface area contributed by atoms with E-state index < -0.39 is 0 Å². The molecule has 0 spiro atoms. The third kappa shape index (κ3) is 3.52. The lowest BCUT2D eigenvalue weighted by Gasteiger charge is -2.40. The summed E-state index contributed by atoms with van der Waals surface area (Å²) in [6, 6.07) is 26.2. The maximum absolute atomic E-state index is 13.6. The molecule has 0 unspecified atom stereocenters. The molecule has 0 radical (unpaired) electrons. The van der Waals surface area contributed by atoms with Crippen LogP contribution in [0.1, 0.15) is 45.9 Å². The standard InChI is InChI=1S/C26H25FN2O/c27-22-11-12-24-21(17-22)18-29(26(24)30)23-13-15-28(16-14-23)25(19-7-3-1-4-8-19)20-9-5-2-6-10-20/h1-12,17,23,25H,13-16,18H2. The van der Waals surface area contributed by atoms with Gasteiger partial charge in [0, 0.05) is 31.2 Å². The molecule has 0 bridgehead atoms. The van der Waals surface area contributed by atoms with Gasteiger partial charge < -0.3 is 4.90 Å². The lowest BCUT2D eigenvalue weighted by molar-refractivity contribution is 0.0566. The average molecular weight is 400 g/mol. The molecule has 2 aliphatic heterocycles. The van der Waals surface area contributed by atoms with Crippen molar-refractivity contribution in [3.8, 4) is 0 Å². The number of likely N-dealkylation sites (tertiary alicyclic amines) is 1. The molecule has 5 rings (SSSR count). The van der Waals surface area contributed by atoms with Gasteiger partial charge in [0.2, 0.25) is 0 Å². The first-order valence-electron chi connectivity index (χ1n) is 10.6. The van der Waals surface area contributed by atoms with E-state index in [1.54, 1.807) is 6.07 Å². The van der Waals surface area contributed by atoms with Crippen LogP contribution in [0.5, 0.6) is 0 Å². The molecule has 30 heavy (non-hydrogen) atoms. The highest BCUT2D eigenvalue weighted by Gasteiger charge is 2.36. The third-order valence-corrected chi connectivity index (χ3v) is 6.43. The van der Waals surface area contributed by atoms with Crippen LogP contribution >= 0.6 is 0 Å². The Hall–Kier alpha value is -2.98. The second-order valence-electron chi connectivity index (χ2n) is 8.23. The van der Waals surface area contributed by atoms with Gasteiger partial charge in [-0.2, -0.15) is 0 Å². The van der Waals surface area contributed by atoms with Crippen molar-refractivity contribution < 1.29 is 9.18 Å². The normalized spacial score (nSPS) is 17.5. The predicted molar refractivity (Wildman–Crippen MR) is 116 cm³/mol. The fraction of sp³-hybridized carbons (Fsp3) is 0.269. The first-order chi connectivity index (χ1) is 14.7. The van der Waals surface area contributed by atoms with E-state index in [4.69, 9.17) is 0 Å². The molecule has 1 amide bonds. The van der Waals surface area contributed by atoms with E-state index >= 15 is 0 Å². The van der Waals surface area contributed by atoms with Gasteiger partial charge in [0.15, 0.2) is 0 Å². The fourth-order valence-electron chi connectivity index (χ4n) is 4.95. The number of piperidine rings is 1. The van der Waals surface area contributed by atoms with Crippen LogP contribution in [-0.4, -0.2) is 34.8 Å². The van der Waals surface area contributed by atoms with Crippen LogP contribution in [0, 0.1) is 5.82 Å². The molecule has 3 aromatic carbocycles. The van der Waals surface area contributed by atoms with E-state index in [0.29, 0.717) is 12.1 Å². The first kappa shape index (κ1) is 19.0. The quantitative estimate of drug-likeness (QED) is 0.613. The Bertz CT molecular complexity index is 990. The van der Waals surface area contributed by atoms with Crippen LogP contribution in [0.4, 0.5) is 4.39 Å². The zero-order valence-corrected chi connectivity index (χ0v) is 16.9. The molecule has 3 aromatic rings. The number of benzene rings is 3. The molecular formula is C26H25FN2O. The van der Waals surface area contributed by atoms with Crippen molar-refractivity contribution in [3.63, 3.8) is 0 Å². The summed E-state index contributed by atoms with van der Waals surface area (Å²) >= 11 is 0. The molecule has 0 N–H and O–H groups in total. The second kappa shape index (κ2) is 8.04. The van der Waals surface area contributed by atoms with Gasteiger partial charge in [-0.05, 0) is 47.7 Å². The minimum Gasteiger partial charge on any atom is -0.331 e. The summed E-state index contributed by atoms with van der Waals surface area (Å²) in [7, 11) is 0. The maximum Gasteiger partial charge on any atom is 0.254 e. The number of halogens is 1. The Balaban J connectivity index is 1.33. The zero-order valence-electron chi connectivity index (χ0n) is 16.9. The summed E-state index contributed by atoms with van der Waals surface area (Å²) in [5.41, 5.74) is 4.06. The van der Waals surface area contributed by atoms with E-state index in [9.17, 15) is 9.18 Å². The summed E-state index contributed by atoms with van der Waals surface area (Å²) < 4.78 is 13.6. The average Bonchev–Trinajstić information content (AvgIpc) is 3.11. The minimum absolute atomic E-state index is 0.0473. The number of carbonyl (C=O) groups excluding carboxylic acids is 1. The maximum atomic E-state index is 13.6. The SMILES string of the molecule is O=C1c2ccc(F)cc2CN1C1CCN(C(c2ccccc2)c2ccccc2)CC1. The van der Waals surface area contributed by atoms with Crippen molar-refractivity contribution in [1.29, 1.82) is 0 Å². The van der Waals surface area contributed by atoms with Gasteiger partial charge in [0.05, 0.1) is 6.04 Å². The molecule has 2 aliphatic rings. The lowest BCUT2D eigenvalue weighted by Crippen LogP contribution is -2.46. The van der Waals surface area contributed by atoms with E-state index in [1.165, 1.54) is 23.3 Å². The number of hydrogen-bond donors (Lipinski definition) is 0. The van der Waals surface area contributed by atoms with Gasteiger partial charge in [-0.1, -0.05) is 60.7 Å². The number of carbonyl (C=O) groups is 1. The fourth-order valence-corrected chi connectivity index (χ4v) is 4.95. The van der Waals surface area contributed by atoms with Crippen molar-refractivity contribution in [2.75, 3.05) is 13.1 Å². The Labute approximate surface area is 176 Å². The van der Waals surface area contributed by atoms with Crippen LogP contribution in [0.25, 0.3) is 0 Å². The van der Waals surface area contributed by atoms with Gasteiger partial charge in [-0.25, -0.2) is 4.39 Å². The molecule has 152 valence electrons. The molecule has 0 aromatic heterocycles. The number of amides is 1. The molecule has 3 nitrogen and oxygen atoms in total. The summed E-state index contributed by atoms with van der Waals surface area (Å²) in [5, 5.41) is 0. The van der Waals surface area contributed by atoms with E-state index in [-0.39, 0.29) is 23.8 Å². The Morgan fingerprint density at radius 1 is 0.833 bits per heavy atom. The summed E-state index contributed by atoms with van der Waals surface area (Å²) in [6.45, 7) is 2.37. The number of rotatable bonds is 4. The second-order valence-corrected chi connectivity index (χ2v) is 8.23. The van der Waals surface area contributed by atoms with Crippen LogP contribution in [0.2, 0.25) is 0 Å². The number of fused-ring (bicyclic) bond motifs is 1. The van der Waals surface area contributed by atoms with Crippen LogP contribution < -0.4 is 0 Å². The largest absolute Gasteiger partial charge is 0.331 e. The van der Waals surface area contributed by atoms with Gasteiger partial charge in [0.25, 0.3) is 5.91 Å². The van der Waals surface area contributed by atoms with Gasteiger partial charge in [-0.3, -0.25) is 9.69 Å². The van der Waals surface area contributed by atoms with Gasteiger partial charge >= 0.3 is 0 Å². The highest BCUT2D eigenvalue weighted by atomic mass is 19.1. The molecule has 4 heteroatoms. The zero-order chi connectivity index (χ0) is 20.5. The number of nitrogens with zero attached hydrogens (tertiary/aromatic N) is 2. The Morgan fingerprint density at radius 3 is 2.03 bits per heavy atom. The van der Waals surface area contributed by atoms with Crippen LogP contribution in [0.3, 0.4) is 0 Å². The highest BCUT2D eigenvalue weighted by molar-refractivity contribution is 5.98. The van der Waals surface area contributed by atoms with Gasteiger partial charge in [0.1, 0.15) is 5.82 Å². The van der Waals surface area contributed by atoms with Crippen molar-refractivity contribution in [2.24, 2.45) is 0 Å². The number of hydrogen-bond acceptors (Lipinski definition) is 2. The minimum atomic E-state index is -0.271. The molecule has 1 fully saturated rings. The topological polar surface area (TPSA) is 23.6 Å². The molecule has 0 atom stereocenters. The van der Waals surface area contributed by atoms with E-state index in [0.717, 1.165) is 31.5 Å². The van der Waals surface area contributed by atoms with Crippen LogP contribution in [-0.2, 0) is 6.54 Å². The summed E-state index contributed by atoms with van der Waals surface area (Å²) in [6.07, 6.45) is 1.86. The summed E-state index contributed by atoms with van der Waals surface area (Å²) in [5.74, 6) is -0.224. The van der Waals surface area contributed by atoms with E-state index in [1.807, 2.05) is 4.90 Å². The molecule has 1 saturated heterocycles. The molecular weight excluding hydrogens is 375 g/mol. The smallest absolute Gasteiger partial charge is 0.254 e. The molecule has 2 heterocycles.